The van der Waals surface area contributed by atoms with Crippen LogP contribution in [0, 0.1) is 0 Å². The molecule has 18 heavy (non-hydrogen) atoms. The third-order valence-electron chi connectivity index (χ3n) is 1.45. The van der Waals surface area contributed by atoms with E-state index in [1.54, 1.807) is 6.92 Å². The van der Waals surface area contributed by atoms with Crippen LogP contribution in [0.2, 0.25) is 0 Å². The van der Waals surface area contributed by atoms with Crippen molar-refractivity contribution in [1.82, 2.24) is 0 Å². The summed E-state index contributed by atoms with van der Waals surface area (Å²) in [5, 5.41) is 10.1. The minimum atomic E-state index is -4.25. The lowest BCUT2D eigenvalue weighted by Gasteiger charge is -2.04. The maximum Gasteiger partial charge on any atom is 0.357 e. The van der Waals surface area contributed by atoms with Crippen molar-refractivity contribution in [2.24, 2.45) is 0 Å². The van der Waals surface area contributed by atoms with Crippen LogP contribution in [0.15, 0.2) is 24.3 Å². The minimum Gasteiger partial charge on any atom is -0.397 e. The number of rotatable bonds is 3. The molecule has 0 aliphatic rings. The van der Waals surface area contributed by atoms with E-state index in [9.17, 15) is 13.2 Å². The van der Waals surface area contributed by atoms with Gasteiger partial charge in [-0.3, -0.25) is 14.1 Å². The first-order valence-electron chi connectivity index (χ1n) is 5.02. The largest absolute Gasteiger partial charge is 0.397 e. The van der Waals surface area contributed by atoms with E-state index in [0.29, 0.717) is 5.69 Å². The van der Waals surface area contributed by atoms with Crippen molar-refractivity contribution in [2.75, 3.05) is 16.6 Å². The first kappa shape index (κ1) is 16.4. The summed E-state index contributed by atoms with van der Waals surface area (Å²) < 4.78 is 31.2. The van der Waals surface area contributed by atoms with Gasteiger partial charge >= 0.3 is 10.3 Å². The van der Waals surface area contributed by atoms with Gasteiger partial charge in [-0.2, -0.15) is 8.42 Å². The van der Waals surface area contributed by atoms with Gasteiger partial charge in [0.1, 0.15) is 0 Å². The van der Waals surface area contributed by atoms with Crippen LogP contribution >= 0.6 is 0 Å². The zero-order valence-corrected chi connectivity index (χ0v) is 10.9. The summed E-state index contributed by atoms with van der Waals surface area (Å²) >= 11 is 0. The number of hydrogen-bond donors (Lipinski definition) is 4. The molecule has 0 aromatic heterocycles. The molecule has 0 saturated carbocycles. The topological polar surface area (TPSA) is 116 Å². The summed E-state index contributed by atoms with van der Waals surface area (Å²) in [5.41, 5.74) is 0.759. The molecule has 0 atom stereocenters. The molecule has 0 radical (unpaired) electrons. The van der Waals surface area contributed by atoms with Crippen molar-refractivity contribution in [2.45, 2.75) is 13.8 Å². The standard InChI is InChI=1S/C8H10N2O4S.C2H6O/c1-6(11)9-7-2-4-8(5-3-7)10-15(12,13)14;1-2-3/h2-5,10H,1H3,(H,9,11)(H,12,13,14);3H,2H2,1H3. The molecule has 8 heteroatoms. The molecule has 0 bridgehead atoms. The van der Waals surface area contributed by atoms with Crippen LogP contribution in [0.5, 0.6) is 0 Å². The molecule has 1 aromatic rings. The lowest BCUT2D eigenvalue weighted by molar-refractivity contribution is -0.114. The minimum absolute atomic E-state index is 0.214. The number of aliphatic hydroxyl groups excluding tert-OH is 1. The van der Waals surface area contributed by atoms with E-state index in [0.717, 1.165) is 0 Å². The van der Waals surface area contributed by atoms with Crippen molar-refractivity contribution in [3.63, 3.8) is 0 Å². The number of carbonyl (C=O) groups excluding carboxylic acids is 1. The summed E-state index contributed by atoms with van der Waals surface area (Å²) in [6.07, 6.45) is 0. The highest BCUT2D eigenvalue weighted by Crippen LogP contribution is 2.14. The van der Waals surface area contributed by atoms with Crippen LogP contribution in [0.3, 0.4) is 0 Å². The number of amides is 1. The fraction of sp³-hybridized carbons (Fsp3) is 0.300. The Bertz CT molecular complexity index is 470. The van der Waals surface area contributed by atoms with E-state index < -0.39 is 10.3 Å². The van der Waals surface area contributed by atoms with Crippen LogP contribution < -0.4 is 10.0 Å². The average Bonchev–Trinajstić information content (AvgIpc) is 2.19. The summed E-state index contributed by atoms with van der Waals surface area (Å²) in [6, 6.07) is 5.85. The van der Waals surface area contributed by atoms with Crippen LogP contribution in [-0.4, -0.2) is 30.6 Å². The third-order valence-corrected chi connectivity index (χ3v) is 1.95. The molecule has 0 unspecified atom stereocenters. The van der Waals surface area contributed by atoms with Gasteiger partial charge in [-0.1, -0.05) is 0 Å². The maximum absolute atomic E-state index is 10.7. The Morgan fingerprint density at radius 1 is 1.22 bits per heavy atom. The number of benzene rings is 1. The Morgan fingerprint density at radius 3 is 1.94 bits per heavy atom. The second kappa shape index (κ2) is 7.64. The molecular formula is C10H16N2O5S. The van der Waals surface area contributed by atoms with Crippen LogP contribution in [0.25, 0.3) is 0 Å². The Labute approximate surface area is 106 Å². The number of anilines is 2. The monoisotopic (exact) mass is 276 g/mol. The number of aliphatic hydroxyl groups is 1. The second-order valence-electron chi connectivity index (χ2n) is 3.15. The van der Waals surface area contributed by atoms with Crippen molar-refractivity contribution in [3.05, 3.63) is 24.3 Å². The van der Waals surface area contributed by atoms with E-state index in [4.69, 9.17) is 9.66 Å². The van der Waals surface area contributed by atoms with Crippen molar-refractivity contribution < 1.29 is 22.9 Å². The van der Waals surface area contributed by atoms with Crippen molar-refractivity contribution in [1.29, 1.82) is 0 Å². The van der Waals surface area contributed by atoms with Gasteiger partial charge in [0.15, 0.2) is 0 Å². The zero-order chi connectivity index (χ0) is 14.2. The zero-order valence-electron chi connectivity index (χ0n) is 10.0. The second-order valence-corrected chi connectivity index (χ2v) is 4.31. The van der Waals surface area contributed by atoms with Crippen LogP contribution in [-0.2, 0) is 15.1 Å². The molecule has 1 amide bonds. The average molecular weight is 276 g/mol. The van der Waals surface area contributed by atoms with Gasteiger partial charge < -0.3 is 10.4 Å². The van der Waals surface area contributed by atoms with Gasteiger partial charge in [-0.25, -0.2) is 0 Å². The number of hydrogen-bond acceptors (Lipinski definition) is 4. The maximum atomic E-state index is 10.7. The van der Waals surface area contributed by atoms with E-state index in [-0.39, 0.29) is 18.2 Å². The molecule has 1 aromatic carbocycles. The summed E-state index contributed by atoms with van der Waals surface area (Å²) in [4.78, 5) is 10.7. The van der Waals surface area contributed by atoms with Gasteiger partial charge in [-0.05, 0) is 31.2 Å². The molecule has 7 nitrogen and oxygen atoms in total. The number of carbonyl (C=O) groups is 1. The highest BCUT2D eigenvalue weighted by molar-refractivity contribution is 7.87. The predicted octanol–water partition coefficient (Wildman–Crippen LogP) is 0.858. The Morgan fingerprint density at radius 2 is 1.61 bits per heavy atom. The normalized spacial score (nSPS) is 10.0. The first-order valence-corrected chi connectivity index (χ1v) is 6.46. The van der Waals surface area contributed by atoms with E-state index in [1.165, 1.54) is 31.2 Å². The Hall–Kier alpha value is -1.64. The molecule has 0 saturated heterocycles. The predicted molar refractivity (Wildman–Crippen MR) is 68.7 cm³/mol. The third kappa shape index (κ3) is 8.50. The molecule has 4 N–H and O–H groups in total. The Kier molecular flexibility index (Phi) is 6.94. The molecule has 0 aliphatic heterocycles. The van der Waals surface area contributed by atoms with E-state index in [2.05, 4.69) is 5.32 Å². The quantitative estimate of drug-likeness (QED) is 0.611. The van der Waals surface area contributed by atoms with Gasteiger partial charge in [0.25, 0.3) is 0 Å². The molecule has 0 fully saturated rings. The summed E-state index contributed by atoms with van der Waals surface area (Å²) in [5.74, 6) is -0.217. The molecule has 1 rings (SSSR count). The molecule has 0 heterocycles. The van der Waals surface area contributed by atoms with Crippen molar-refractivity contribution >= 4 is 27.6 Å². The highest BCUT2D eigenvalue weighted by Gasteiger charge is 2.03. The van der Waals surface area contributed by atoms with Gasteiger partial charge in [0, 0.05) is 19.2 Å². The molecule has 102 valence electrons. The fourth-order valence-electron chi connectivity index (χ4n) is 0.974. The lowest BCUT2D eigenvalue weighted by atomic mass is 10.3. The van der Waals surface area contributed by atoms with Crippen LogP contribution in [0.4, 0.5) is 11.4 Å². The SMILES string of the molecule is CC(=O)Nc1ccc(NS(=O)(=O)O)cc1.CCO. The lowest BCUT2D eigenvalue weighted by Crippen LogP contribution is -2.10. The van der Waals surface area contributed by atoms with Gasteiger partial charge in [-0.15, -0.1) is 0 Å². The van der Waals surface area contributed by atoms with Crippen molar-refractivity contribution in [3.8, 4) is 0 Å². The smallest absolute Gasteiger partial charge is 0.357 e. The van der Waals surface area contributed by atoms with E-state index >= 15 is 0 Å². The summed E-state index contributed by atoms with van der Waals surface area (Å²) in [6.45, 7) is 3.30. The van der Waals surface area contributed by atoms with E-state index in [1.807, 2.05) is 4.72 Å². The summed E-state index contributed by atoms with van der Waals surface area (Å²) in [7, 11) is -4.25. The Balaban J connectivity index is 0.000000873. The highest BCUT2D eigenvalue weighted by atomic mass is 32.2. The first-order chi connectivity index (χ1) is 8.28. The molecule has 0 spiro atoms. The van der Waals surface area contributed by atoms with Gasteiger partial charge in [0.05, 0.1) is 5.69 Å². The van der Waals surface area contributed by atoms with Gasteiger partial charge in [0.2, 0.25) is 5.91 Å². The van der Waals surface area contributed by atoms with Crippen LogP contribution in [0.1, 0.15) is 13.8 Å². The molecule has 0 aliphatic carbocycles. The molecular weight excluding hydrogens is 260 g/mol. The fourth-order valence-corrected chi connectivity index (χ4v) is 1.41. The number of nitrogens with one attached hydrogen (secondary N) is 2.